The zero-order valence-electron chi connectivity index (χ0n) is 9.09. The molecule has 0 aromatic carbocycles. The minimum Gasteiger partial charge on any atom is -0.489 e. The molecule has 4 heteroatoms. The van der Waals surface area contributed by atoms with Crippen molar-refractivity contribution < 1.29 is 14.3 Å². The zero-order valence-corrected chi connectivity index (χ0v) is 9.09. The Kier molecular flexibility index (Phi) is 3.88. The molecule has 1 aliphatic heterocycles. The molecule has 0 amide bonds. The van der Waals surface area contributed by atoms with Gasteiger partial charge in [0.25, 0.3) is 0 Å². The number of hydrogen-bond acceptors (Lipinski definition) is 4. The summed E-state index contributed by atoms with van der Waals surface area (Å²) in [6.07, 6.45) is 7.43. The van der Waals surface area contributed by atoms with Gasteiger partial charge in [-0.25, -0.2) is 0 Å². The minimum absolute atomic E-state index is 0.175. The molecule has 0 aliphatic carbocycles. The monoisotopic (exact) mass is 221 g/mol. The first-order valence-electron chi connectivity index (χ1n) is 5.53. The normalized spacial score (nSPS) is 20.4. The molecule has 1 fully saturated rings. The van der Waals surface area contributed by atoms with E-state index in [1.807, 2.05) is 0 Å². The van der Waals surface area contributed by atoms with E-state index < -0.39 is 0 Å². The summed E-state index contributed by atoms with van der Waals surface area (Å²) in [7, 11) is 0. The number of aromatic nitrogens is 1. The summed E-state index contributed by atoms with van der Waals surface area (Å²) in [6.45, 7) is 1.35. The summed E-state index contributed by atoms with van der Waals surface area (Å²) in [5.74, 6) is 0.624. The minimum atomic E-state index is 0.175. The van der Waals surface area contributed by atoms with Crippen LogP contribution in [-0.2, 0) is 4.74 Å². The lowest BCUT2D eigenvalue weighted by Crippen LogP contribution is -2.25. The van der Waals surface area contributed by atoms with Gasteiger partial charge in [-0.3, -0.25) is 9.78 Å². The summed E-state index contributed by atoms with van der Waals surface area (Å²) >= 11 is 0. The van der Waals surface area contributed by atoms with Crippen LogP contribution in [0.15, 0.2) is 18.5 Å². The first-order valence-corrected chi connectivity index (χ1v) is 5.53. The molecule has 1 aromatic heterocycles. The number of nitrogens with zero attached hydrogens (tertiary/aromatic N) is 1. The lowest BCUT2D eigenvalue weighted by Gasteiger charge is -2.22. The second-order valence-electron chi connectivity index (χ2n) is 3.87. The number of pyridine rings is 1. The molecule has 2 heterocycles. The third-order valence-electron chi connectivity index (χ3n) is 2.58. The number of ether oxygens (including phenoxy) is 2. The highest BCUT2D eigenvalue weighted by Crippen LogP contribution is 2.15. The maximum atomic E-state index is 10.5. The molecule has 1 saturated heterocycles. The Bertz CT molecular complexity index is 348. The van der Waals surface area contributed by atoms with Crippen molar-refractivity contribution in [2.24, 2.45) is 0 Å². The Balaban J connectivity index is 1.85. The quantitative estimate of drug-likeness (QED) is 0.728. The largest absolute Gasteiger partial charge is 0.489 e. The average Bonchev–Trinajstić information content (AvgIpc) is 2.38. The fourth-order valence-electron chi connectivity index (χ4n) is 1.71. The Hall–Kier alpha value is -1.42. The molecular weight excluding hydrogens is 206 g/mol. The van der Waals surface area contributed by atoms with E-state index in [1.54, 1.807) is 12.3 Å². The van der Waals surface area contributed by atoms with Crippen LogP contribution in [0.4, 0.5) is 0 Å². The second kappa shape index (κ2) is 5.61. The molecule has 0 radical (unpaired) electrons. The van der Waals surface area contributed by atoms with E-state index >= 15 is 0 Å². The van der Waals surface area contributed by atoms with Crippen molar-refractivity contribution in [3.8, 4) is 5.75 Å². The molecule has 0 N–H and O–H groups in total. The van der Waals surface area contributed by atoms with E-state index in [0.717, 1.165) is 25.7 Å². The lowest BCUT2D eigenvalue weighted by molar-refractivity contribution is -0.0111. The van der Waals surface area contributed by atoms with Gasteiger partial charge in [-0.1, -0.05) is 0 Å². The highest BCUT2D eigenvalue weighted by atomic mass is 16.5. The van der Waals surface area contributed by atoms with E-state index in [1.165, 1.54) is 12.6 Å². The van der Waals surface area contributed by atoms with Crippen molar-refractivity contribution in [1.29, 1.82) is 0 Å². The van der Waals surface area contributed by atoms with Crippen molar-refractivity contribution in [3.05, 3.63) is 24.0 Å². The SMILES string of the molecule is O=Cc1cncc(OCC2CCCCO2)c1. The van der Waals surface area contributed by atoms with Crippen molar-refractivity contribution >= 4 is 6.29 Å². The van der Waals surface area contributed by atoms with Gasteiger partial charge in [-0.05, 0) is 25.3 Å². The Morgan fingerprint density at radius 1 is 1.50 bits per heavy atom. The van der Waals surface area contributed by atoms with E-state index in [4.69, 9.17) is 9.47 Å². The molecule has 86 valence electrons. The van der Waals surface area contributed by atoms with Crippen LogP contribution in [0.2, 0.25) is 0 Å². The van der Waals surface area contributed by atoms with Crippen LogP contribution in [0.5, 0.6) is 5.75 Å². The van der Waals surface area contributed by atoms with Crippen molar-refractivity contribution in [1.82, 2.24) is 4.98 Å². The van der Waals surface area contributed by atoms with Crippen LogP contribution in [-0.4, -0.2) is 30.6 Å². The molecule has 0 bridgehead atoms. The smallest absolute Gasteiger partial charge is 0.151 e. The predicted molar refractivity (Wildman–Crippen MR) is 58.7 cm³/mol. The summed E-state index contributed by atoms with van der Waals surface area (Å²) in [5, 5.41) is 0. The van der Waals surface area contributed by atoms with Gasteiger partial charge in [-0.2, -0.15) is 0 Å². The van der Waals surface area contributed by atoms with Crippen LogP contribution < -0.4 is 4.74 Å². The molecule has 2 rings (SSSR count). The van der Waals surface area contributed by atoms with E-state index in [0.29, 0.717) is 17.9 Å². The molecule has 16 heavy (non-hydrogen) atoms. The van der Waals surface area contributed by atoms with Gasteiger partial charge in [0.2, 0.25) is 0 Å². The van der Waals surface area contributed by atoms with Gasteiger partial charge in [0.1, 0.15) is 12.4 Å². The summed E-state index contributed by atoms with van der Waals surface area (Å²) in [5.41, 5.74) is 0.530. The summed E-state index contributed by atoms with van der Waals surface area (Å²) in [4.78, 5) is 14.5. The van der Waals surface area contributed by atoms with Crippen LogP contribution in [0.25, 0.3) is 0 Å². The van der Waals surface area contributed by atoms with Crippen molar-refractivity contribution in [2.75, 3.05) is 13.2 Å². The average molecular weight is 221 g/mol. The summed E-state index contributed by atoms with van der Waals surface area (Å²) in [6, 6.07) is 1.68. The van der Waals surface area contributed by atoms with Crippen molar-refractivity contribution in [3.63, 3.8) is 0 Å². The third-order valence-corrected chi connectivity index (χ3v) is 2.58. The maximum absolute atomic E-state index is 10.5. The fourth-order valence-corrected chi connectivity index (χ4v) is 1.71. The maximum Gasteiger partial charge on any atom is 0.151 e. The highest BCUT2D eigenvalue weighted by Gasteiger charge is 2.14. The topological polar surface area (TPSA) is 48.4 Å². The molecule has 1 aliphatic rings. The van der Waals surface area contributed by atoms with Crippen LogP contribution in [0, 0.1) is 0 Å². The molecule has 0 spiro atoms. The van der Waals surface area contributed by atoms with Gasteiger partial charge in [0.05, 0.1) is 12.3 Å². The van der Waals surface area contributed by atoms with Gasteiger partial charge < -0.3 is 9.47 Å². The Labute approximate surface area is 94.6 Å². The first-order chi connectivity index (χ1) is 7.88. The van der Waals surface area contributed by atoms with E-state index in [2.05, 4.69) is 4.98 Å². The van der Waals surface area contributed by atoms with Gasteiger partial charge in [-0.15, -0.1) is 0 Å². The first kappa shape index (κ1) is 11.1. The van der Waals surface area contributed by atoms with Crippen LogP contribution >= 0.6 is 0 Å². The molecule has 1 atom stereocenters. The summed E-state index contributed by atoms with van der Waals surface area (Å²) < 4.78 is 11.1. The number of aldehydes is 1. The van der Waals surface area contributed by atoms with E-state index in [-0.39, 0.29) is 6.10 Å². The number of hydrogen-bond donors (Lipinski definition) is 0. The standard InChI is InChI=1S/C12H15NO3/c14-8-10-5-12(7-13-6-10)16-9-11-3-1-2-4-15-11/h5-8,11H,1-4,9H2. The fraction of sp³-hybridized carbons (Fsp3) is 0.500. The number of rotatable bonds is 4. The van der Waals surface area contributed by atoms with Gasteiger partial charge >= 0.3 is 0 Å². The molecule has 1 aromatic rings. The Morgan fingerprint density at radius 2 is 2.44 bits per heavy atom. The van der Waals surface area contributed by atoms with Crippen LogP contribution in [0.1, 0.15) is 29.6 Å². The highest BCUT2D eigenvalue weighted by molar-refractivity contribution is 5.74. The van der Waals surface area contributed by atoms with E-state index in [9.17, 15) is 4.79 Å². The molecule has 4 nitrogen and oxygen atoms in total. The zero-order chi connectivity index (χ0) is 11.2. The second-order valence-corrected chi connectivity index (χ2v) is 3.87. The molecular formula is C12H15NO3. The predicted octanol–water partition coefficient (Wildman–Crippen LogP) is 1.84. The molecule has 0 saturated carbocycles. The van der Waals surface area contributed by atoms with Gasteiger partial charge in [0, 0.05) is 18.4 Å². The number of carbonyl (C=O) groups is 1. The third kappa shape index (κ3) is 3.03. The van der Waals surface area contributed by atoms with Crippen molar-refractivity contribution in [2.45, 2.75) is 25.4 Å². The van der Waals surface area contributed by atoms with Crippen LogP contribution in [0.3, 0.4) is 0 Å². The number of carbonyl (C=O) groups excluding carboxylic acids is 1. The van der Waals surface area contributed by atoms with Gasteiger partial charge in [0.15, 0.2) is 6.29 Å². The Morgan fingerprint density at radius 3 is 3.19 bits per heavy atom. The lowest BCUT2D eigenvalue weighted by atomic mass is 10.1. The molecule has 1 unspecified atom stereocenters.